The van der Waals surface area contributed by atoms with Gasteiger partial charge in [-0.25, -0.2) is 4.39 Å². The number of rotatable bonds is 8. The number of thioether (sulfide) groups is 1. The predicted octanol–water partition coefficient (Wildman–Crippen LogP) is 4.77. The number of amides is 1. The molecule has 0 spiro atoms. The van der Waals surface area contributed by atoms with Gasteiger partial charge in [0.2, 0.25) is 5.91 Å². The summed E-state index contributed by atoms with van der Waals surface area (Å²) in [5.74, 6) is 1.02. The van der Waals surface area contributed by atoms with E-state index in [1.165, 1.54) is 24.2 Å². The summed E-state index contributed by atoms with van der Waals surface area (Å²) in [6.45, 7) is 2.25. The largest absolute Gasteiger partial charge is 0.483 e. The lowest BCUT2D eigenvalue weighted by Gasteiger charge is -2.29. The first-order valence-electron chi connectivity index (χ1n) is 10.9. The summed E-state index contributed by atoms with van der Waals surface area (Å²) in [6, 6.07) is 16.1. The molecule has 1 amide bonds. The van der Waals surface area contributed by atoms with Gasteiger partial charge in [0, 0.05) is 11.7 Å². The first kappa shape index (κ1) is 22.3. The Bertz CT molecular complexity index is 1040. The molecule has 8 heteroatoms. The fourth-order valence-corrected chi connectivity index (χ4v) is 4.72. The molecule has 0 bridgehead atoms. The lowest BCUT2D eigenvalue weighted by atomic mass is 9.86. The quantitative estimate of drug-likeness (QED) is 0.497. The number of hydrogen-bond donors (Lipinski definition) is 1. The number of carbonyl (C=O) groups is 1. The van der Waals surface area contributed by atoms with Crippen LogP contribution in [0.3, 0.4) is 0 Å². The molecule has 1 heterocycles. The van der Waals surface area contributed by atoms with Crippen molar-refractivity contribution in [3.8, 4) is 11.4 Å². The second-order valence-corrected chi connectivity index (χ2v) is 8.96. The van der Waals surface area contributed by atoms with Crippen molar-refractivity contribution in [3.63, 3.8) is 0 Å². The third kappa shape index (κ3) is 5.48. The SMILES string of the molecule is CC1CCCCC1NC(=O)CSc1nnc(COc2ccccc2F)n1-c1ccccc1. The second-order valence-electron chi connectivity index (χ2n) is 8.01. The molecule has 1 saturated carbocycles. The van der Waals surface area contributed by atoms with Gasteiger partial charge in [-0.15, -0.1) is 10.2 Å². The first-order valence-corrected chi connectivity index (χ1v) is 11.9. The third-order valence-electron chi connectivity index (χ3n) is 5.70. The fraction of sp³-hybridized carbons (Fsp3) is 0.375. The van der Waals surface area contributed by atoms with E-state index >= 15 is 0 Å². The number of hydrogen-bond acceptors (Lipinski definition) is 5. The molecule has 2 aromatic carbocycles. The minimum atomic E-state index is -0.429. The van der Waals surface area contributed by atoms with Gasteiger partial charge in [-0.05, 0) is 43.0 Å². The summed E-state index contributed by atoms with van der Waals surface area (Å²) in [5.41, 5.74) is 0.855. The number of halogens is 1. The van der Waals surface area contributed by atoms with Crippen LogP contribution in [0, 0.1) is 11.7 Å². The van der Waals surface area contributed by atoms with E-state index in [-0.39, 0.29) is 30.1 Å². The molecular formula is C24H27FN4O2S. The number of ether oxygens (including phenoxy) is 1. The molecule has 168 valence electrons. The summed E-state index contributed by atoms with van der Waals surface area (Å²) in [5, 5.41) is 12.3. The number of nitrogens with one attached hydrogen (secondary N) is 1. The van der Waals surface area contributed by atoms with Crippen LogP contribution in [0.15, 0.2) is 59.8 Å². The number of benzene rings is 2. The van der Waals surface area contributed by atoms with Crippen molar-refractivity contribution in [1.29, 1.82) is 0 Å². The number of carbonyl (C=O) groups excluding carboxylic acids is 1. The molecule has 0 radical (unpaired) electrons. The lowest BCUT2D eigenvalue weighted by molar-refractivity contribution is -0.119. The highest BCUT2D eigenvalue weighted by molar-refractivity contribution is 7.99. The Labute approximate surface area is 191 Å². The number of aromatic nitrogens is 3. The number of nitrogens with zero attached hydrogens (tertiary/aromatic N) is 3. The Morgan fingerprint density at radius 2 is 1.88 bits per heavy atom. The molecule has 0 saturated heterocycles. The van der Waals surface area contributed by atoms with Gasteiger partial charge in [-0.3, -0.25) is 9.36 Å². The molecule has 2 unspecified atom stereocenters. The minimum absolute atomic E-state index is 0.000480. The molecule has 32 heavy (non-hydrogen) atoms. The van der Waals surface area contributed by atoms with Crippen molar-refractivity contribution in [2.75, 3.05) is 5.75 Å². The van der Waals surface area contributed by atoms with Crippen LogP contribution in [-0.2, 0) is 11.4 Å². The van der Waals surface area contributed by atoms with Crippen LogP contribution in [0.5, 0.6) is 5.75 Å². The summed E-state index contributed by atoms with van der Waals surface area (Å²) < 4.78 is 21.4. The Hall–Kier alpha value is -2.87. The van der Waals surface area contributed by atoms with Gasteiger partial charge in [0.1, 0.15) is 6.61 Å². The smallest absolute Gasteiger partial charge is 0.230 e. The van der Waals surface area contributed by atoms with Crippen LogP contribution in [0.2, 0.25) is 0 Å². The highest BCUT2D eigenvalue weighted by Crippen LogP contribution is 2.26. The van der Waals surface area contributed by atoms with Crippen LogP contribution < -0.4 is 10.1 Å². The van der Waals surface area contributed by atoms with Crippen molar-refractivity contribution >= 4 is 17.7 Å². The third-order valence-corrected chi connectivity index (χ3v) is 6.63. The van der Waals surface area contributed by atoms with Gasteiger partial charge < -0.3 is 10.1 Å². The second kappa shape index (κ2) is 10.6. The van der Waals surface area contributed by atoms with Gasteiger partial charge in [0.25, 0.3) is 0 Å². The zero-order valence-corrected chi connectivity index (χ0v) is 18.9. The van der Waals surface area contributed by atoms with E-state index < -0.39 is 5.82 Å². The van der Waals surface area contributed by atoms with Gasteiger partial charge in [-0.1, -0.05) is 61.9 Å². The summed E-state index contributed by atoms with van der Waals surface area (Å²) in [6.07, 6.45) is 4.59. The van der Waals surface area contributed by atoms with Gasteiger partial charge >= 0.3 is 0 Å². The summed E-state index contributed by atoms with van der Waals surface area (Å²) >= 11 is 1.33. The Balaban J connectivity index is 1.47. The molecule has 3 aromatic rings. The van der Waals surface area contributed by atoms with Gasteiger partial charge in [-0.2, -0.15) is 0 Å². The van der Waals surface area contributed by atoms with E-state index in [1.54, 1.807) is 18.2 Å². The molecule has 1 aromatic heterocycles. The Morgan fingerprint density at radius 1 is 1.12 bits per heavy atom. The normalized spacial score (nSPS) is 18.3. The van der Waals surface area contributed by atoms with E-state index in [1.807, 2.05) is 34.9 Å². The Kier molecular flexibility index (Phi) is 7.42. The van der Waals surface area contributed by atoms with Crippen LogP contribution in [0.4, 0.5) is 4.39 Å². The average Bonchev–Trinajstić information content (AvgIpc) is 3.22. The zero-order chi connectivity index (χ0) is 22.3. The number of para-hydroxylation sites is 2. The summed E-state index contributed by atoms with van der Waals surface area (Å²) in [7, 11) is 0. The molecule has 6 nitrogen and oxygen atoms in total. The topological polar surface area (TPSA) is 69.0 Å². The molecule has 4 rings (SSSR count). The first-order chi connectivity index (χ1) is 15.6. The standard InChI is InChI=1S/C24H27FN4O2S/c1-17-9-5-7-13-20(17)26-23(30)16-32-24-28-27-22(29(24)18-10-3-2-4-11-18)15-31-21-14-8-6-12-19(21)25/h2-4,6,8,10-12,14,17,20H,5,7,9,13,15-16H2,1H3,(H,26,30). The van der Waals surface area contributed by atoms with Crippen molar-refractivity contribution in [1.82, 2.24) is 20.1 Å². The van der Waals surface area contributed by atoms with Crippen LogP contribution in [-0.4, -0.2) is 32.5 Å². The van der Waals surface area contributed by atoms with E-state index in [4.69, 9.17) is 4.74 Å². The van der Waals surface area contributed by atoms with Crippen LogP contribution in [0.1, 0.15) is 38.4 Å². The average molecular weight is 455 g/mol. The minimum Gasteiger partial charge on any atom is -0.483 e. The summed E-state index contributed by atoms with van der Waals surface area (Å²) in [4.78, 5) is 12.6. The molecule has 1 aliphatic rings. The van der Waals surface area contributed by atoms with Crippen molar-refractivity contribution in [2.24, 2.45) is 5.92 Å². The zero-order valence-electron chi connectivity index (χ0n) is 18.0. The lowest BCUT2D eigenvalue weighted by Crippen LogP contribution is -2.41. The molecule has 1 aliphatic carbocycles. The molecule has 0 aliphatic heterocycles. The van der Waals surface area contributed by atoms with E-state index in [0.29, 0.717) is 16.9 Å². The predicted molar refractivity (Wildman–Crippen MR) is 122 cm³/mol. The van der Waals surface area contributed by atoms with Gasteiger partial charge in [0.05, 0.1) is 5.75 Å². The highest BCUT2D eigenvalue weighted by atomic mass is 32.2. The van der Waals surface area contributed by atoms with Crippen LogP contribution >= 0.6 is 11.8 Å². The molecular weight excluding hydrogens is 427 g/mol. The maximum absolute atomic E-state index is 13.9. The highest BCUT2D eigenvalue weighted by Gasteiger charge is 2.23. The van der Waals surface area contributed by atoms with E-state index in [9.17, 15) is 9.18 Å². The Morgan fingerprint density at radius 3 is 2.66 bits per heavy atom. The molecule has 1 fully saturated rings. The maximum Gasteiger partial charge on any atom is 0.230 e. The molecule has 2 atom stereocenters. The fourth-order valence-electron chi connectivity index (χ4n) is 3.94. The van der Waals surface area contributed by atoms with Crippen molar-refractivity contribution in [2.45, 2.75) is 50.4 Å². The van der Waals surface area contributed by atoms with Crippen molar-refractivity contribution < 1.29 is 13.9 Å². The monoisotopic (exact) mass is 454 g/mol. The van der Waals surface area contributed by atoms with Crippen molar-refractivity contribution in [3.05, 3.63) is 66.2 Å². The maximum atomic E-state index is 13.9. The molecule has 1 N–H and O–H groups in total. The van der Waals surface area contributed by atoms with E-state index in [2.05, 4.69) is 22.4 Å². The van der Waals surface area contributed by atoms with Crippen LogP contribution in [0.25, 0.3) is 5.69 Å². The van der Waals surface area contributed by atoms with Gasteiger partial charge in [0.15, 0.2) is 22.5 Å². The van der Waals surface area contributed by atoms with E-state index in [0.717, 1.165) is 24.9 Å².